The number of Topliss-reactive ketones (excluding diaryl/α,β-unsaturated/α-hetero) is 1. The van der Waals surface area contributed by atoms with Crippen LogP contribution in [-0.2, 0) is 9.59 Å². The molecule has 1 unspecified atom stereocenters. The van der Waals surface area contributed by atoms with Crippen molar-refractivity contribution in [1.29, 1.82) is 5.26 Å². The molecule has 3 heterocycles. The summed E-state index contributed by atoms with van der Waals surface area (Å²) in [7, 11) is 0. The normalized spacial score (nSPS) is 17.7. The van der Waals surface area contributed by atoms with Gasteiger partial charge in [-0.15, -0.1) is 10.2 Å². The fourth-order valence-corrected chi connectivity index (χ4v) is 6.06. The van der Waals surface area contributed by atoms with Gasteiger partial charge in [0.15, 0.2) is 10.1 Å². The van der Waals surface area contributed by atoms with Crippen LogP contribution in [0.4, 0.5) is 10.8 Å². The number of aromatic nitrogens is 2. The lowest BCUT2D eigenvalue weighted by Crippen LogP contribution is -2.38. The molecule has 1 aromatic carbocycles. The van der Waals surface area contributed by atoms with E-state index in [2.05, 4.69) is 21.6 Å². The highest BCUT2D eigenvalue weighted by Gasteiger charge is 2.42. The van der Waals surface area contributed by atoms with Crippen molar-refractivity contribution >= 4 is 57.2 Å². The van der Waals surface area contributed by atoms with Crippen LogP contribution in [0.3, 0.4) is 0 Å². The van der Waals surface area contributed by atoms with Crippen LogP contribution in [-0.4, -0.2) is 27.6 Å². The molecule has 12 heteroatoms. The molecule has 0 fully saturated rings. The minimum Gasteiger partial charge on any atom is -0.468 e. The number of hydrogen-bond donors (Lipinski definition) is 2. The van der Waals surface area contributed by atoms with Gasteiger partial charge in [-0.1, -0.05) is 34.7 Å². The van der Waals surface area contributed by atoms with E-state index in [1.165, 1.54) is 29.4 Å². The Kier molecular flexibility index (Phi) is 6.82. The SMILES string of the molecule is N#CC1=C(N)N(c2nnc(SCC(=O)Nc3ccc(Cl)cc3)s2)C2=C(C(=O)CCC2)C1c1ccco1. The second kappa shape index (κ2) is 10.2. The van der Waals surface area contributed by atoms with E-state index in [4.69, 9.17) is 21.8 Å². The van der Waals surface area contributed by atoms with Crippen LogP contribution in [0.2, 0.25) is 5.02 Å². The van der Waals surface area contributed by atoms with Crippen LogP contribution < -0.4 is 16.0 Å². The Bertz CT molecular complexity index is 1420. The zero-order valence-corrected chi connectivity index (χ0v) is 21.1. The van der Waals surface area contributed by atoms with E-state index in [1.807, 2.05) is 0 Å². The molecule has 1 aliphatic carbocycles. The van der Waals surface area contributed by atoms with E-state index in [1.54, 1.807) is 41.3 Å². The quantitative estimate of drug-likeness (QED) is 0.423. The number of carbonyl (C=O) groups is 2. The minimum atomic E-state index is -0.651. The summed E-state index contributed by atoms with van der Waals surface area (Å²) in [5.41, 5.74) is 8.58. The summed E-state index contributed by atoms with van der Waals surface area (Å²) in [5.74, 6) is -0.0766. The number of thioether (sulfide) groups is 1. The molecular weight excluding hydrogens is 520 g/mol. The van der Waals surface area contributed by atoms with Crippen LogP contribution in [0.5, 0.6) is 0 Å². The molecule has 0 spiro atoms. The first-order valence-electron chi connectivity index (χ1n) is 11.0. The third kappa shape index (κ3) is 4.63. The molecule has 1 atom stereocenters. The van der Waals surface area contributed by atoms with E-state index in [0.29, 0.717) is 56.5 Å². The van der Waals surface area contributed by atoms with Crippen molar-refractivity contribution in [2.75, 3.05) is 16.0 Å². The molecule has 5 rings (SSSR count). The van der Waals surface area contributed by atoms with Crippen molar-refractivity contribution in [3.63, 3.8) is 0 Å². The fraction of sp³-hybridized carbons (Fsp3) is 0.208. The van der Waals surface area contributed by atoms with Crippen LogP contribution in [0, 0.1) is 11.3 Å². The number of amides is 1. The molecule has 3 N–H and O–H groups in total. The lowest BCUT2D eigenvalue weighted by Gasteiger charge is -2.37. The molecule has 1 aliphatic heterocycles. The van der Waals surface area contributed by atoms with Crippen LogP contribution in [0.15, 0.2) is 74.1 Å². The summed E-state index contributed by atoms with van der Waals surface area (Å²) < 4.78 is 6.14. The van der Waals surface area contributed by atoms with Crippen molar-refractivity contribution in [2.45, 2.75) is 29.5 Å². The first-order chi connectivity index (χ1) is 17.5. The van der Waals surface area contributed by atoms with Crippen LogP contribution in [0.25, 0.3) is 0 Å². The number of benzene rings is 1. The summed E-state index contributed by atoms with van der Waals surface area (Å²) in [6.45, 7) is 0. The number of rotatable bonds is 6. The molecule has 1 amide bonds. The van der Waals surface area contributed by atoms with Crippen molar-refractivity contribution < 1.29 is 14.0 Å². The molecule has 0 bridgehead atoms. The average molecular weight is 539 g/mol. The van der Waals surface area contributed by atoms with Crippen molar-refractivity contribution in [1.82, 2.24) is 10.2 Å². The lowest BCUT2D eigenvalue weighted by atomic mass is 9.78. The number of allylic oxidation sites excluding steroid dienone is 3. The number of nitrogens with two attached hydrogens (primary N) is 1. The molecule has 0 saturated carbocycles. The maximum absolute atomic E-state index is 13.0. The van der Waals surface area contributed by atoms with Crippen molar-refractivity contribution in [2.24, 2.45) is 5.73 Å². The number of halogens is 1. The van der Waals surface area contributed by atoms with Crippen LogP contribution >= 0.6 is 34.7 Å². The molecule has 2 aliphatic rings. The van der Waals surface area contributed by atoms with Gasteiger partial charge in [-0.3, -0.25) is 14.5 Å². The monoisotopic (exact) mass is 538 g/mol. The first-order valence-corrected chi connectivity index (χ1v) is 13.2. The third-order valence-corrected chi connectivity index (χ3v) is 8.08. The molecule has 36 heavy (non-hydrogen) atoms. The Balaban J connectivity index is 1.39. The molecule has 2 aromatic heterocycles. The summed E-state index contributed by atoms with van der Waals surface area (Å²) in [6, 6.07) is 12.5. The Morgan fingerprint density at radius 2 is 2.11 bits per heavy atom. The van der Waals surface area contributed by atoms with Gasteiger partial charge < -0.3 is 15.5 Å². The predicted molar refractivity (Wildman–Crippen MR) is 137 cm³/mol. The number of nitrogens with one attached hydrogen (secondary N) is 1. The van der Waals surface area contributed by atoms with Gasteiger partial charge in [-0.05, 0) is 49.2 Å². The van der Waals surface area contributed by atoms with E-state index >= 15 is 0 Å². The van der Waals surface area contributed by atoms with Crippen molar-refractivity contribution in [3.05, 3.63) is 76.1 Å². The molecule has 0 radical (unpaired) electrons. The largest absolute Gasteiger partial charge is 0.468 e. The summed E-state index contributed by atoms with van der Waals surface area (Å²) in [4.78, 5) is 27.0. The van der Waals surface area contributed by atoms with E-state index in [9.17, 15) is 14.9 Å². The molecule has 0 saturated heterocycles. The number of anilines is 2. The Morgan fingerprint density at radius 1 is 1.31 bits per heavy atom. The Labute approximate surface area is 219 Å². The maximum atomic E-state index is 13.0. The fourth-order valence-electron chi connectivity index (χ4n) is 4.25. The standard InChI is InChI=1S/C24H19ClN6O3S2/c25-13-6-8-14(9-7-13)28-19(33)12-35-24-30-29-23(36-24)31-16-3-1-4-17(32)21(16)20(15(11-26)22(31)27)18-5-2-10-34-18/h2,5-10,20H,1,3-4,12,27H2,(H,28,33). The van der Waals surface area contributed by atoms with Gasteiger partial charge in [-0.25, -0.2) is 0 Å². The molecule has 9 nitrogen and oxygen atoms in total. The Morgan fingerprint density at radius 3 is 2.83 bits per heavy atom. The third-order valence-electron chi connectivity index (χ3n) is 5.78. The lowest BCUT2D eigenvalue weighted by molar-refractivity contribution is -0.116. The Hall–Kier alpha value is -3.59. The van der Waals surface area contributed by atoms with Gasteiger partial charge in [0.05, 0.1) is 29.6 Å². The smallest absolute Gasteiger partial charge is 0.234 e. The maximum Gasteiger partial charge on any atom is 0.234 e. The van der Waals surface area contributed by atoms with Gasteiger partial charge >= 0.3 is 0 Å². The van der Waals surface area contributed by atoms with Crippen LogP contribution in [0.1, 0.15) is 30.9 Å². The number of ketones is 1. The summed E-state index contributed by atoms with van der Waals surface area (Å²) in [6.07, 6.45) is 3.17. The highest BCUT2D eigenvalue weighted by Crippen LogP contribution is 2.47. The predicted octanol–water partition coefficient (Wildman–Crippen LogP) is 4.82. The summed E-state index contributed by atoms with van der Waals surface area (Å²) >= 11 is 8.35. The number of furan rings is 1. The second-order valence-corrected chi connectivity index (χ2v) is 10.6. The van der Waals surface area contributed by atoms with E-state index in [0.717, 1.165) is 0 Å². The minimum absolute atomic E-state index is 0.0408. The highest BCUT2D eigenvalue weighted by atomic mass is 35.5. The number of carbonyl (C=O) groups excluding carboxylic acids is 2. The van der Waals surface area contributed by atoms with Gasteiger partial charge in [0.1, 0.15) is 11.6 Å². The van der Waals surface area contributed by atoms with Gasteiger partial charge in [0.2, 0.25) is 11.0 Å². The summed E-state index contributed by atoms with van der Waals surface area (Å²) in [5, 5.41) is 22.3. The molecule has 3 aromatic rings. The van der Waals surface area contributed by atoms with Gasteiger partial charge in [0, 0.05) is 28.4 Å². The van der Waals surface area contributed by atoms with E-state index < -0.39 is 5.92 Å². The number of hydrogen-bond acceptors (Lipinski definition) is 10. The zero-order chi connectivity index (χ0) is 25.2. The topological polar surface area (TPSA) is 138 Å². The van der Waals surface area contributed by atoms with Crippen molar-refractivity contribution in [3.8, 4) is 6.07 Å². The van der Waals surface area contributed by atoms with E-state index in [-0.39, 0.29) is 28.8 Å². The molecule has 182 valence electrons. The average Bonchev–Trinajstić information content (AvgIpc) is 3.56. The highest BCUT2D eigenvalue weighted by molar-refractivity contribution is 8.01. The van der Waals surface area contributed by atoms with Gasteiger partial charge in [-0.2, -0.15) is 5.26 Å². The number of nitriles is 1. The van der Waals surface area contributed by atoms with Gasteiger partial charge in [0.25, 0.3) is 0 Å². The second-order valence-electron chi connectivity index (χ2n) is 8.03. The zero-order valence-electron chi connectivity index (χ0n) is 18.7. The number of nitrogens with zero attached hydrogens (tertiary/aromatic N) is 4. The first kappa shape index (κ1) is 24.1. The molecular formula is C24H19ClN6O3S2.